The third kappa shape index (κ3) is 3.52. The Morgan fingerprint density at radius 2 is 1.71 bits per heavy atom. The van der Waals surface area contributed by atoms with Gasteiger partial charge in [0.1, 0.15) is 5.82 Å². The van der Waals surface area contributed by atoms with E-state index in [0.29, 0.717) is 22.9 Å². The van der Waals surface area contributed by atoms with Gasteiger partial charge in [0, 0.05) is 21.9 Å². The summed E-state index contributed by atoms with van der Waals surface area (Å²) < 4.78 is 13.7. The number of hydrogen-bond acceptors (Lipinski definition) is 3. The predicted octanol–water partition coefficient (Wildman–Crippen LogP) is 4.18. The van der Waals surface area contributed by atoms with Gasteiger partial charge in [0.25, 0.3) is 5.91 Å². The van der Waals surface area contributed by atoms with E-state index in [1.807, 2.05) is 54.6 Å². The minimum Gasteiger partial charge on any atom is -0.306 e. The summed E-state index contributed by atoms with van der Waals surface area (Å²) >= 11 is 0. The van der Waals surface area contributed by atoms with Crippen LogP contribution in [0.25, 0.3) is 5.69 Å². The molecule has 0 saturated carbocycles. The van der Waals surface area contributed by atoms with Gasteiger partial charge in [0.05, 0.1) is 22.9 Å². The van der Waals surface area contributed by atoms with Gasteiger partial charge in [-0.25, -0.2) is 4.68 Å². The fraction of sp³-hybridized carbons (Fsp3) is 0.273. The average molecular weight is 394 g/mol. The Morgan fingerprint density at radius 1 is 1.04 bits per heavy atom. The van der Waals surface area contributed by atoms with E-state index in [1.165, 1.54) is 5.56 Å². The van der Waals surface area contributed by atoms with E-state index in [2.05, 4.69) is 31.2 Å². The number of carbonyl (C=O) groups excluding carboxylic acids is 1. The molecule has 28 heavy (non-hydrogen) atoms. The van der Waals surface area contributed by atoms with Gasteiger partial charge in [0.2, 0.25) is 0 Å². The summed E-state index contributed by atoms with van der Waals surface area (Å²) in [5.74, 6) is 1.26. The molecule has 0 bridgehead atoms. The Balaban J connectivity index is 1.67. The SMILES string of the molecule is CC(C)(C)c1ccc(C(=O)Nc2c3c(nn2-c2ccccc2)C[S@@](=O)C3)cc1. The van der Waals surface area contributed by atoms with Gasteiger partial charge in [-0.1, -0.05) is 51.1 Å². The van der Waals surface area contributed by atoms with Crippen LogP contribution < -0.4 is 5.32 Å². The Labute approximate surface area is 167 Å². The van der Waals surface area contributed by atoms with Crippen LogP contribution in [0.2, 0.25) is 0 Å². The molecule has 6 heteroatoms. The number of nitrogens with zero attached hydrogens (tertiary/aromatic N) is 2. The van der Waals surface area contributed by atoms with Crippen molar-refractivity contribution in [1.29, 1.82) is 0 Å². The molecule has 2 aromatic carbocycles. The molecule has 1 N–H and O–H groups in total. The van der Waals surface area contributed by atoms with Crippen molar-refractivity contribution in [2.45, 2.75) is 37.7 Å². The number of rotatable bonds is 3. The number of carbonyl (C=O) groups is 1. The van der Waals surface area contributed by atoms with Crippen LogP contribution in [0.3, 0.4) is 0 Å². The molecule has 144 valence electrons. The van der Waals surface area contributed by atoms with Crippen molar-refractivity contribution in [2.75, 3.05) is 5.32 Å². The van der Waals surface area contributed by atoms with Crippen LogP contribution in [0.5, 0.6) is 0 Å². The molecule has 1 aromatic heterocycles. The molecule has 5 nitrogen and oxygen atoms in total. The van der Waals surface area contributed by atoms with E-state index < -0.39 is 10.8 Å². The molecule has 4 rings (SSSR count). The highest BCUT2D eigenvalue weighted by molar-refractivity contribution is 7.83. The first-order chi connectivity index (χ1) is 13.3. The van der Waals surface area contributed by atoms with Gasteiger partial charge < -0.3 is 5.32 Å². The lowest BCUT2D eigenvalue weighted by molar-refractivity contribution is 0.102. The molecule has 0 fully saturated rings. The zero-order valence-electron chi connectivity index (χ0n) is 16.2. The lowest BCUT2D eigenvalue weighted by Gasteiger charge is -2.19. The molecule has 0 unspecified atom stereocenters. The molecular formula is C22H23N3O2S. The number of anilines is 1. The standard InChI is InChI=1S/C22H23N3O2S/c1-22(2,3)16-11-9-15(10-12-16)21(26)23-20-18-13-28(27)14-19(18)24-25(20)17-7-5-4-6-8-17/h4-12H,13-14H2,1-3H3,(H,23,26)/t28-/m0/s1. The zero-order chi connectivity index (χ0) is 19.9. The van der Waals surface area contributed by atoms with E-state index >= 15 is 0 Å². The molecule has 0 radical (unpaired) electrons. The highest BCUT2D eigenvalue weighted by Gasteiger charge is 2.28. The van der Waals surface area contributed by atoms with Crippen molar-refractivity contribution < 1.29 is 9.00 Å². The second-order valence-corrected chi connectivity index (χ2v) is 9.49. The van der Waals surface area contributed by atoms with Crippen molar-refractivity contribution in [2.24, 2.45) is 0 Å². The van der Waals surface area contributed by atoms with Crippen LogP contribution in [0, 0.1) is 0 Å². The minimum atomic E-state index is -0.963. The van der Waals surface area contributed by atoms with Crippen LogP contribution in [-0.4, -0.2) is 19.9 Å². The highest BCUT2D eigenvalue weighted by Crippen LogP contribution is 2.31. The summed E-state index contributed by atoms with van der Waals surface area (Å²) in [6.45, 7) is 6.43. The smallest absolute Gasteiger partial charge is 0.256 e. The normalized spacial score (nSPS) is 16.0. The summed E-state index contributed by atoms with van der Waals surface area (Å²) in [4.78, 5) is 12.9. The number of para-hydroxylation sites is 1. The fourth-order valence-electron chi connectivity index (χ4n) is 3.31. The summed E-state index contributed by atoms with van der Waals surface area (Å²) in [5, 5.41) is 7.62. The first-order valence-corrected chi connectivity index (χ1v) is 10.7. The number of nitrogens with one attached hydrogen (secondary N) is 1. The highest BCUT2D eigenvalue weighted by atomic mass is 32.2. The maximum absolute atomic E-state index is 12.9. The van der Waals surface area contributed by atoms with Crippen LogP contribution >= 0.6 is 0 Å². The number of amides is 1. The van der Waals surface area contributed by atoms with Crippen molar-refractivity contribution >= 4 is 22.5 Å². The fourth-order valence-corrected chi connectivity index (χ4v) is 4.58. The molecule has 1 amide bonds. The molecule has 1 aliphatic rings. The monoisotopic (exact) mass is 393 g/mol. The summed E-state index contributed by atoms with van der Waals surface area (Å²) in [6, 6.07) is 17.3. The lowest BCUT2D eigenvalue weighted by atomic mass is 9.87. The molecule has 0 spiro atoms. The molecule has 0 saturated heterocycles. The second-order valence-electron chi connectivity index (χ2n) is 8.03. The minimum absolute atomic E-state index is 0.0336. The predicted molar refractivity (Wildman–Crippen MR) is 112 cm³/mol. The summed E-state index contributed by atoms with van der Waals surface area (Å²) in [7, 11) is -0.963. The second kappa shape index (κ2) is 7.02. The molecule has 3 aromatic rings. The quantitative estimate of drug-likeness (QED) is 0.726. The maximum Gasteiger partial charge on any atom is 0.256 e. The largest absolute Gasteiger partial charge is 0.306 e. The molecule has 0 aliphatic carbocycles. The van der Waals surface area contributed by atoms with E-state index in [-0.39, 0.29) is 11.3 Å². The number of aromatic nitrogens is 2. The van der Waals surface area contributed by atoms with Gasteiger partial charge in [-0.2, -0.15) is 5.10 Å². The van der Waals surface area contributed by atoms with Crippen LogP contribution in [-0.2, 0) is 27.7 Å². The number of hydrogen-bond donors (Lipinski definition) is 1. The van der Waals surface area contributed by atoms with E-state index in [4.69, 9.17) is 0 Å². The van der Waals surface area contributed by atoms with Gasteiger partial charge in [-0.15, -0.1) is 0 Å². The Hall–Kier alpha value is -2.73. The Morgan fingerprint density at radius 3 is 2.36 bits per heavy atom. The molecule has 1 aliphatic heterocycles. The van der Waals surface area contributed by atoms with E-state index in [0.717, 1.165) is 16.9 Å². The topological polar surface area (TPSA) is 64.0 Å². The van der Waals surface area contributed by atoms with Crippen molar-refractivity contribution in [1.82, 2.24) is 9.78 Å². The lowest BCUT2D eigenvalue weighted by Crippen LogP contribution is -2.17. The first-order valence-electron chi connectivity index (χ1n) is 9.26. The molecule has 2 heterocycles. The average Bonchev–Trinajstić information content (AvgIpc) is 3.19. The van der Waals surface area contributed by atoms with E-state index in [9.17, 15) is 9.00 Å². The van der Waals surface area contributed by atoms with Gasteiger partial charge in [0.15, 0.2) is 0 Å². The van der Waals surface area contributed by atoms with Gasteiger partial charge in [-0.3, -0.25) is 9.00 Å². The molecule has 1 atom stereocenters. The zero-order valence-corrected chi connectivity index (χ0v) is 17.0. The third-order valence-electron chi connectivity index (χ3n) is 4.92. The van der Waals surface area contributed by atoms with Gasteiger partial charge >= 0.3 is 0 Å². The van der Waals surface area contributed by atoms with Crippen LogP contribution in [0.15, 0.2) is 54.6 Å². The first kappa shape index (κ1) is 18.6. The molecular weight excluding hydrogens is 370 g/mol. The van der Waals surface area contributed by atoms with Crippen LogP contribution in [0.1, 0.15) is 48.0 Å². The maximum atomic E-state index is 12.9. The van der Waals surface area contributed by atoms with Crippen molar-refractivity contribution in [3.8, 4) is 5.69 Å². The number of benzene rings is 2. The summed E-state index contributed by atoms with van der Waals surface area (Å²) in [5.41, 5.74) is 4.31. The summed E-state index contributed by atoms with van der Waals surface area (Å²) in [6.07, 6.45) is 0. The Kier molecular flexibility index (Phi) is 4.67. The third-order valence-corrected chi connectivity index (χ3v) is 6.12. The number of fused-ring (bicyclic) bond motifs is 1. The Bertz CT molecular complexity index is 1050. The van der Waals surface area contributed by atoms with Gasteiger partial charge in [-0.05, 0) is 35.2 Å². The van der Waals surface area contributed by atoms with E-state index in [1.54, 1.807) is 4.68 Å². The van der Waals surface area contributed by atoms with Crippen molar-refractivity contribution in [3.05, 3.63) is 77.0 Å². The van der Waals surface area contributed by atoms with Crippen molar-refractivity contribution in [3.63, 3.8) is 0 Å². The van der Waals surface area contributed by atoms with Crippen LogP contribution in [0.4, 0.5) is 5.82 Å².